The van der Waals surface area contributed by atoms with Crippen LogP contribution in [0.1, 0.15) is 170 Å². The molecule has 11 nitrogen and oxygen atoms in total. The Hall–Kier alpha value is -2.36. The first kappa shape index (κ1) is 67.7. The van der Waals surface area contributed by atoms with Gasteiger partial charge in [0.2, 0.25) is 5.24 Å². The number of aliphatic hydroxyl groups excluding tert-OH is 3. The van der Waals surface area contributed by atoms with E-state index >= 15 is 0 Å². The van der Waals surface area contributed by atoms with Crippen LogP contribution in [0.25, 0.3) is 0 Å². The van der Waals surface area contributed by atoms with Crippen LogP contribution in [-0.4, -0.2) is 101 Å². The van der Waals surface area contributed by atoms with Crippen LogP contribution in [0, 0.1) is 0 Å². The van der Waals surface area contributed by atoms with E-state index in [0.717, 1.165) is 83.5 Å². The molecule has 2 aliphatic rings. The van der Waals surface area contributed by atoms with Gasteiger partial charge in [0.15, 0.2) is 6.29 Å². The summed E-state index contributed by atoms with van der Waals surface area (Å²) in [6.45, 7) is 33.9. The Kier molecular flexibility index (Phi) is 36.4. The zero-order chi connectivity index (χ0) is 52.6. The van der Waals surface area contributed by atoms with E-state index < -0.39 is 5.24 Å². The van der Waals surface area contributed by atoms with E-state index in [2.05, 4.69) is 92.1 Å². The van der Waals surface area contributed by atoms with Crippen molar-refractivity contribution in [3.63, 3.8) is 0 Å². The fourth-order valence-electron chi connectivity index (χ4n) is 5.90. The number of aromatic hydroxyl groups is 2. The van der Waals surface area contributed by atoms with Crippen LogP contribution in [0.2, 0.25) is 0 Å². The molecule has 5 N–H and O–H groups in total. The molecule has 1 unspecified atom stereocenters. The molecular weight excluding hydrogens is 1020 g/mol. The molecule has 0 aliphatic carbocycles. The highest BCUT2D eigenvalue weighted by atomic mass is 79.9. The van der Waals surface area contributed by atoms with Crippen molar-refractivity contribution >= 4 is 48.7 Å². The summed E-state index contributed by atoms with van der Waals surface area (Å²) >= 11 is 11.4. The van der Waals surface area contributed by atoms with Gasteiger partial charge in [-0.2, -0.15) is 0 Å². The van der Waals surface area contributed by atoms with E-state index in [9.17, 15) is 15.0 Å². The van der Waals surface area contributed by atoms with Crippen molar-refractivity contribution in [2.45, 2.75) is 176 Å². The average Bonchev–Trinajstić information content (AvgIpc) is 3.26. The van der Waals surface area contributed by atoms with E-state index in [0.29, 0.717) is 38.2 Å². The molecule has 1 saturated heterocycles. The summed E-state index contributed by atoms with van der Waals surface area (Å²) in [5, 5.41) is 47.5. The van der Waals surface area contributed by atoms with E-state index in [1.165, 1.54) is 25.7 Å². The number of phenolic OH excluding ortho intramolecular Hbond substituents is 2. The van der Waals surface area contributed by atoms with Crippen LogP contribution in [-0.2, 0) is 40.7 Å². The Morgan fingerprint density at radius 1 is 0.662 bits per heavy atom. The van der Waals surface area contributed by atoms with Crippen LogP contribution in [0.4, 0.5) is 0 Å². The van der Waals surface area contributed by atoms with Gasteiger partial charge in [-0.3, -0.25) is 4.79 Å². The standard InChI is InChI=1S/C20H34O4.C14H22O2.C8H15BrO2.C5H8O.C4H5ClO.C3H7BrO/c1-19(2,3)15-13-18(24-12-8-10-22)16(20(4,5)6)14-17(15)23-11-7-9-21;1-13(2,3)9-7-12(16)10(8-11(9)15)14(4,5)6;9-5-3-7-11-8-4-1-2-6-10-8;1-2-4-6-5-3-1;1-3(2)4(5)6;4-2-1-3-5/h13-14,21-22H,7-12H2,1-6H3;7-8,15-16H,1-6H3;8H,1-7H2;2,4H,1,3,5H2;1H2,2H3;5H,1-3H2. The summed E-state index contributed by atoms with van der Waals surface area (Å²) in [6.07, 6.45) is 13.0. The van der Waals surface area contributed by atoms with Gasteiger partial charge < -0.3 is 49.2 Å². The van der Waals surface area contributed by atoms with Crippen LogP contribution in [0.5, 0.6) is 23.0 Å². The molecule has 0 bridgehead atoms. The number of allylic oxidation sites excluding steroid dienone is 2. The van der Waals surface area contributed by atoms with Gasteiger partial charge in [0.05, 0.1) is 32.7 Å². The summed E-state index contributed by atoms with van der Waals surface area (Å²) in [4.78, 5) is 9.81. The predicted octanol–water partition coefficient (Wildman–Crippen LogP) is 13.2. The minimum atomic E-state index is -0.463. The number of hydrogen-bond donors (Lipinski definition) is 5. The maximum Gasteiger partial charge on any atom is 0.247 e. The van der Waals surface area contributed by atoms with Gasteiger partial charge in [-0.1, -0.05) is 122 Å². The van der Waals surface area contributed by atoms with Gasteiger partial charge in [-0.05, 0) is 115 Å². The van der Waals surface area contributed by atoms with Crippen molar-refractivity contribution < 1.29 is 54.0 Å². The highest BCUT2D eigenvalue weighted by molar-refractivity contribution is 9.09. The molecule has 2 aromatic rings. The van der Waals surface area contributed by atoms with Crippen LogP contribution in [0.15, 0.2) is 48.8 Å². The Bertz CT molecular complexity index is 1570. The number of aliphatic hydroxyl groups is 3. The van der Waals surface area contributed by atoms with Crippen molar-refractivity contribution in [1.82, 2.24) is 0 Å². The van der Waals surface area contributed by atoms with Crippen LogP contribution in [0.3, 0.4) is 0 Å². The molecule has 14 heteroatoms. The lowest BCUT2D eigenvalue weighted by atomic mass is 9.81. The highest BCUT2D eigenvalue weighted by Gasteiger charge is 2.27. The molecule has 0 amide bonds. The summed E-state index contributed by atoms with van der Waals surface area (Å²) in [5.41, 5.74) is 3.61. The number of phenols is 2. The lowest BCUT2D eigenvalue weighted by molar-refractivity contribution is -0.161. The molecule has 0 spiro atoms. The molecular formula is C54H91Br2ClO11. The summed E-state index contributed by atoms with van der Waals surface area (Å²) in [7, 11) is 0. The van der Waals surface area contributed by atoms with Crippen LogP contribution < -0.4 is 9.47 Å². The zero-order valence-electron chi connectivity index (χ0n) is 44.0. The monoisotopic (exact) mass is 1110 g/mol. The minimum Gasteiger partial charge on any atom is -0.508 e. The molecule has 68 heavy (non-hydrogen) atoms. The number of benzene rings is 2. The fourth-order valence-corrected chi connectivity index (χ4v) is 6.38. The number of alkyl halides is 2. The van der Waals surface area contributed by atoms with Gasteiger partial charge in [-0.25, -0.2) is 0 Å². The number of carbonyl (C=O) groups excluding carboxylic acids is 1. The topological polar surface area (TPSA) is 164 Å². The van der Waals surface area contributed by atoms with Crippen molar-refractivity contribution in [3.8, 4) is 23.0 Å². The van der Waals surface area contributed by atoms with Crippen molar-refractivity contribution in [1.29, 1.82) is 0 Å². The quantitative estimate of drug-likeness (QED) is 0.0379. The van der Waals surface area contributed by atoms with Gasteiger partial charge in [0, 0.05) is 77.8 Å². The normalized spacial score (nSPS) is 14.5. The summed E-state index contributed by atoms with van der Waals surface area (Å²) in [5.74, 6) is 2.23. The molecule has 4 rings (SSSR count). The lowest BCUT2D eigenvalue weighted by Crippen LogP contribution is -2.22. The first-order valence-corrected chi connectivity index (χ1v) is 26.6. The highest BCUT2D eigenvalue weighted by Crippen LogP contribution is 2.42. The second-order valence-corrected chi connectivity index (χ2v) is 22.4. The Morgan fingerprint density at radius 3 is 1.34 bits per heavy atom. The SMILES string of the molecule is BrCCCOC1CCCCO1.C1=COCCC1.C=C(C)C(=O)Cl.CC(C)(C)c1cc(O)c(C(C)(C)C)cc1O.CC(C)(C)c1cc(OCCCO)c(C(C)(C)C)cc1OCCCO.OCCCBr. The first-order chi connectivity index (χ1) is 31.6. The number of rotatable bonds is 15. The molecule has 0 aromatic heterocycles. The average molecular weight is 1110 g/mol. The molecule has 1 atom stereocenters. The second kappa shape index (κ2) is 36.5. The van der Waals surface area contributed by atoms with E-state index in [-0.39, 0.29) is 52.7 Å². The third kappa shape index (κ3) is 31.8. The molecule has 0 saturated carbocycles. The smallest absolute Gasteiger partial charge is 0.247 e. The van der Waals surface area contributed by atoms with Crippen molar-refractivity contribution in [2.75, 3.05) is 63.5 Å². The van der Waals surface area contributed by atoms with Crippen molar-refractivity contribution in [3.05, 3.63) is 71.0 Å². The Labute approximate surface area is 433 Å². The van der Waals surface area contributed by atoms with Gasteiger partial charge in [-0.15, -0.1) is 0 Å². The summed E-state index contributed by atoms with van der Waals surface area (Å²) < 4.78 is 27.7. The first-order valence-electron chi connectivity index (χ1n) is 23.9. The molecule has 2 aromatic carbocycles. The van der Waals surface area contributed by atoms with E-state index in [4.69, 9.17) is 50.6 Å². The van der Waals surface area contributed by atoms with Gasteiger partial charge in [0.1, 0.15) is 23.0 Å². The predicted molar refractivity (Wildman–Crippen MR) is 289 cm³/mol. The number of hydrogen-bond acceptors (Lipinski definition) is 11. The van der Waals surface area contributed by atoms with Gasteiger partial charge in [0.25, 0.3) is 0 Å². The molecule has 2 aliphatic heterocycles. The third-order valence-electron chi connectivity index (χ3n) is 9.72. The van der Waals surface area contributed by atoms with E-state index in [1.807, 2.05) is 47.6 Å². The molecule has 2 heterocycles. The van der Waals surface area contributed by atoms with Gasteiger partial charge >= 0.3 is 0 Å². The Balaban J connectivity index is 0. The van der Waals surface area contributed by atoms with E-state index in [1.54, 1.807) is 25.3 Å². The Morgan fingerprint density at radius 2 is 1.09 bits per heavy atom. The molecule has 1 fully saturated rings. The summed E-state index contributed by atoms with van der Waals surface area (Å²) in [6, 6.07) is 7.50. The molecule has 0 radical (unpaired) electrons. The number of carbonyl (C=O) groups is 1. The van der Waals surface area contributed by atoms with Crippen molar-refractivity contribution in [2.24, 2.45) is 0 Å². The second-order valence-electron chi connectivity index (χ2n) is 20.5. The maximum atomic E-state index is 10.0. The fraction of sp³-hybridized carbons (Fsp3) is 0.685. The number of ether oxygens (including phenoxy) is 5. The largest absolute Gasteiger partial charge is 0.508 e. The minimum absolute atomic E-state index is 0.0833. The van der Waals surface area contributed by atoms with Crippen LogP contribution >= 0.6 is 43.5 Å². The third-order valence-corrected chi connectivity index (χ3v) is 11.2. The lowest BCUT2D eigenvalue weighted by Gasteiger charge is -2.29. The molecule has 394 valence electrons. The zero-order valence-corrected chi connectivity index (χ0v) is 47.9. The number of halogens is 3. The maximum absolute atomic E-state index is 10.0.